The summed E-state index contributed by atoms with van der Waals surface area (Å²) in [5, 5.41) is 0. The van der Waals surface area contributed by atoms with Gasteiger partial charge in [0.25, 0.3) is 0 Å². The molecule has 0 atom stereocenters. The Bertz CT molecular complexity index is 772. The first kappa shape index (κ1) is 17.3. The van der Waals surface area contributed by atoms with Gasteiger partial charge in [0.15, 0.2) is 0 Å². The molecule has 124 valence electrons. The van der Waals surface area contributed by atoms with Crippen molar-refractivity contribution >= 4 is 10.0 Å². The third-order valence-electron chi connectivity index (χ3n) is 3.56. The van der Waals surface area contributed by atoms with Gasteiger partial charge >= 0.3 is 0 Å². The van der Waals surface area contributed by atoms with Crippen LogP contribution < -0.4 is 14.2 Å². The van der Waals surface area contributed by atoms with Gasteiger partial charge in [-0.05, 0) is 48.7 Å². The van der Waals surface area contributed by atoms with E-state index in [4.69, 9.17) is 9.47 Å². The fourth-order valence-electron chi connectivity index (χ4n) is 2.33. The zero-order valence-electron chi connectivity index (χ0n) is 13.5. The zero-order valence-corrected chi connectivity index (χ0v) is 14.3. The molecule has 23 heavy (non-hydrogen) atoms. The van der Waals surface area contributed by atoms with E-state index in [0.29, 0.717) is 22.8 Å². The summed E-state index contributed by atoms with van der Waals surface area (Å²) in [6.07, 6.45) is 0.505. The monoisotopic (exact) mass is 335 g/mol. The minimum Gasteiger partial charge on any atom is -0.497 e. The highest BCUT2D eigenvalue weighted by atomic mass is 32.2. The Morgan fingerprint density at radius 2 is 1.78 bits per heavy atom. The Morgan fingerprint density at radius 1 is 1.04 bits per heavy atom. The van der Waals surface area contributed by atoms with Crippen LogP contribution in [0.1, 0.15) is 11.1 Å². The van der Waals surface area contributed by atoms with Gasteiger partial charge in [-0.3, -0.25) is 0 Å². The van der Waals surface area contributed by atoms with Crippen molar-refractivity contribution in [1.29, 1.82) is 0 Å². The van der Waals surface area contributed by atoms with Gasteiger partial charge in [0.1, 0.15) is 11.5 Å². The molecule has 2 aromatic rings. The van der Waals surface area contributed by atoms with Gasteiger partial charge in [0.2, 0.25) is 10.0 Å². The van der Waals surface area contributed by atoms with Crippen LogP contribution in [-0.4, -0.2) is 29.2 Å². The van der Waals surface area contributed by atoms with Crippen LogP contribution in [0.5, 0.6) is 11.5 Å². The van der Waals surface area contributed by atoms with E-state index >= 15 is 0 Å². The molecular formula is C17H21NO4S. The fourth-order valence-corrected chi connectivity index (χ4v) is 3.61. The second-order valence-electron chi connectivity index (χ2n) is 5.09. The molecule has 0 saturated heterocycles. The summed E-state index contributed by atoms with van der Waals surface area (Å²) in [6, 6.07) is 12.4. The Balaban J connectivity index is 2.09. The number of aryl methyl sites for hydroxylation is 1. The second-order valence-corrected chi connectivity index (χ2v) is 6.83. The number of nitrogens with one attached hydrogen (secondary N) is 1. The van der Waals surface area contributed by atoms with E-state index in [1.807, 2.05) is 18.2 Å². The normalized spacial score (nSPS) is 11.3. The van der Waals surface area contributed by atoms with Gasteiger partial charge < -0.3 is 9.47 Å². The molecule has 0 amide bonds. The quantitative estimate of drug-likeness (QED) is 0.844. The molecular weight excluding hydrogens is 314 g/mol. The summed E-state index contributed by atoms with van der Waals surface area (Å²) in [7, 11) is -0.343. The standard InChI is InChI=1S/C17H21NO4S/c1-13-6-4-5-7-17(13)23(19,20)18-11-10-14-12-15(21-2)8-9-16(14)22-3/h4-9,12,18H,10-11H2,1-3H3. The van der Waals surface area contributed by atoms with E-state index in [1.165, 1.54) is 0 Å². The first-order chi connectivity index (χ1) is 11.0. The van der Waals surface area contributed by atoms with Crippen molar-refractivity contribution in [2.75, 3.05) is 20.8 Å². The van der Waals surface area contributed by atoms with E-state index in [9.17, 15) is 8.42 Å². The van der Waals surface area contributed by atoms with Crippen molar-refractivity contribution < 1.29 is 17.9 Å². The summed E-state index contributed by atoms with van der Waals surface area (Å²) < 4.78 is 37.8. The molecule has 2 rings (SSSR count). The molecule has 2 aromatic carbocycles. The van der Waals surface area contributed by atoms with E-state index in [2.05, 4.69) is 4.72 Å². The number of sulfonamides is 1. The summed E-state index contributed by atoms with van der Waals surface area (Å²) in [4.78, 5) is 0.303. The number of hydrogen-bond donors (Lipinski definition) is 1. The predicted octanol–water partition coefficient (Wildman–Crippen LogP) is 2.53. The molecule has 1 N–H and O–H groups in total. The summed E-state index contributed by atoms with van der Waals surface area (Å²) in [6.45, 7) is 2.06. The molecule has 0 unspecified atom stereocenters. The molecule has 5 nitrogen and oxygen atoms in total. The van der Waals surface area contributed by atoms with Crippen LogP contribution in [0.15, 0.2) is 47.4 Å². The van der Waals surface area contributed by atoms with E-state index in [1.54, 1.807) is 45.4 Å². The maximum Gasteiger partial charge on any atom is 0.240 e. The van der Waals surface area contributed by atoms with Gasteiger partial charge in [0, 0.05) is 6.54 Å². The van der Waals surface area contributed by atoms with E-state index in [0.717, 1.165) is 11.1 Å². The Kier molecular flexibility index (Phi) is 5.63. The lowest BCUT2D eigenvalue weighted by Gasteiger charge is -2.12. The van der Waals surface area contributed by atoms with Gasteiger partial charge in [-0.1, -0.05) is 18.2 Å². The van der Waals surface area contributed by atoms with Crippen molar-refractivity contribution in [2.45, 2.75) is 18.2 Å². The molecule has 0 spiro atoms. The maximum absolute atomic E-state index is 12.4. The minimum atomic E-state index is -3.52. The first-order valence-corrected chi connectivity index (χ1v) is 8.72. The summed E-state index contributed by atoms with van der Waals surface area (Å²) >= 11 is 0. The van der Waals surface area contributed by atoms with Gasteiger partial charge in [-0.15, -0.1) is 0 Å². The Labute approximate surface area is 137 Å². The van der Waals surface area contributed by atoms with Gasteiger partial charge in [-0.2, -0.15) is 0 Å². The topological polar surface area (TPSA) is 64.6 Å². The molecule has 0 aromatic heterocycles. The molecule has 6 heteroatoms. The molecule has 0 heterocycles. The smallest absolute Gasteiger partial charge is 0.240 e. The van der Waals surface area contributed by atoms with Crippen LogP contribution in [-0.2, 0) is 16.4 Å². The number of benzene rings is 2. The van der Waals surface area contributed by atoms with Crippen molar-refractivity contribution in [3.05, 3.63) is 53.6 Å². The average molecular weight is 335 g/mol. The number of rotatable bonds is 7. The van der Waals surface area contributed by atoms with Crippen LogP contribution in [0.4, 0.5) is 0 Å². The largest absolute Gasteiger partial charge is 0.497 e. The zero-order chi connectivity index (χ0) is 16.9. The van der Waals surface area contributed by atoms with Crippen molar-refractivity contribution in [3.63, 3.8) is 0 Å². The van der Waals surface area contributed by atoms with Crippen LogP contribution in [0.3, 0.4) is 0 Å². The fraction of sp³-hybridized carbons (Fsp3) is 0.294. The highest BCUT2D eigenvalue weighted by Crippen LogP contribution is 2.24. The second kappa shape index (κ2) is 7.48. The number of hydrogen-bond acceptors (Lipinski definition) is 4. The van der Waals surface area contributed by atoms with Crippen LogP contribution >= 0.6 is 0 Å². The van der Waals surface area contributed by atoms with Crippen LogP contribution in [0.2, 0.25) is 0 Å². The van der Waals surface area contributed by atoms with E-state index in [-0.39, 0.29) is 6.54 Å². The molecule has 0 bridgehead atoms. The number of ether oxygens (including phenoxy) is 2. The molecule has 0 radical (unpaired) electrons. The Hall–Kier alpha value is -2.05. The maximum atomic E-state index is 12.4. The molecule has 0 aliphatic rings. The molecule has 0 saturated carbocycles. The minimum absolute atomic E-state index is 0.278. The third-order valence-corrected chi connectivity index (χ3v) is 5.18. The lowest BCUT2D eigenvalue weighted by molar-refractivity contribution is 0.398. The summed E-state index contributed by atoms with van der Waals surface area (Å²) in [5.41, 5.74) is 1.61. The first-order valence-electron chi connectivity index (χ1n) is 7.24. The van der Waals surface area contributed by atoms with E-state index < -0.39 is 10.0 Å². The SMILES string of the molecule is COc1ccc(OC)c(CCNS(=O)(=O)c2ccccc2C)c1. The highest BCUT2D eigenvalue weighted by Gasteiger charge is 2.16. The highest BCUT2D eigenvalue weighted by molar-refractivity contribution is 7.89. The lowest BCUT2D eigenvalue weighted by atomic mass is 10.1. The van der Waals surface area contributed by atoms with Gasteiger partial charge in [0.05, 0.1) is 19.1 Å². The van der Waals surface area contributed by atoms with Crippen LogP contribution in [0, 0.1) is 6.92 Å². The van der Waals surface area contributed by atoms with Crippen molar-refractivity contribution in [2.24, 2.45) is 0 Å². The predicted molar refractivity (Wildman–Crippen MR) is 89.6 cm³/mol. The molecule has 0 fully saturated rings. The van der Waals surface area contributed by atoms with Crippen molar-refractivity contribution in [1.82, 2.24) is 4.72 Å². The molecule has 0 aliphatic heterocycles. The average Bonchev–Trinajstić information content (AvgIpc) is 2.54. The van der Waals surface area contributed by atoms with Gasteiger partial charge in [-0.25, -0.2) is 13.1 Å². The lowest BCUT2D eigenvalue weighted by Crippen LogP contribution is -2.26. The third kappa shape index (κ3) is 4.24. The molecule has 0 aliphatic carbocycles. The number of methoxy groups -OCH3 is 2. The van der Waals surface area contributed by atoms with Crippen molar-refractivity contribution in [3.8, 4) is 11.5 Å². The van der Waals surface area contributed by atoms with Crippen LogP contribution in [0.25, 0.3) is 0 Å². The summed E-state index contributed by atoms with van der Waals surface area (Å²) in [5.74, 6) is 1.42. The Morgan fingerprint density at radius 3 is 2.43 bits per heavy atom.